The van der Waals surface area contributed by atoms with Crippen LogP contribution in [0.25, 0.3) is 0 Å². The van der Waals surface area contributed by atoms with E-state index in [0.717, 1.165) is 24.8 Å². The Balaban J connectivity index is 1.89. The van der Waals surface area contributed by atoms with Gasteiger partial charge < -0.3 is 11.1 Å². The molecule has 0 aromatic heterocycles. The molecule has 2 rings (SSSR count). The van der Waals surface area contributed by atoms with E-state index >= 15 is 0 Å². The van der Waals surface area contributed by atoms with Crippen LogP contribution in [0.4, 0.5) is 0 Å². The molecule has 3 N–H and O–H groups in total. The van der Waals surface area contributed by atoms with Gasteiger partial charge in [0, 0.05) is 11.6 Å². The van der Waals surface area contributed by atoms with Crippen LogP contribution >= 0.6 is 0 Å². The van der Waals surface area contributed by atoms with E-state index in [2.05, 4.69) is 17.4 Å². The molecular formula is C15H22N2O. The van der Waals surface area contributed by atoms with E-state index in [1.807, 2.05) is 26.0 Å². The molecule has 1 aliphatic rings. The van der Waals surface area contributed by atoms with Crippen LogP contribution in [0.2, 0.25) is 0 Å². The number of rotatable bonds is 5. The number of carbonyl (C=O) groups is 1. The number of hydrogen-bond acceptors (Lipinski definition) is 2. The van der Waals surface area contributed by atoms with Gasteiger partial charge in [-0.2, -0.15) is 0 Å². The molecule has 1 amide bonds. The standard InChI is InChI=1S/C15H22N2O/c1-11(2)17-14(18)9-12-3-5-13(6-4-12)10-15(16)7-8-15/h3-6,11H,7-10,16H2,1-2H3,(H,17,18). The molecule has 3 nitrogen and oxygen atoms in total. The lowest BCUT2D eigenvalue weighted by atomic mass is 10.0. The fourth-order valence-corrected chi connectivity index (χ4v) is 2.08. The average molecular weight is 246 g/mol. The van der Waals surface area contributed by atoms with Gasteiger partial charge in [0.1, 0.15) is 0 Å². The van der Waals surface area contributed by atoms with Crippen LogP contribution < -0.4 is 11.1 Å². The molecule has 1 aromatic rings. The lowest BCUT2D eigenvalue weighted by Gasteiger charge is -2.10. The molecule has 0 heterocycles. The van der Waals surface area contributed by atoms with Crippen molar-refractivity contribution in [3.8, 4) is 0 Å². The number of carbonyl (C=O) groups excluding carboxylic acids is 1. The van der Waals surface area contributed by atoms with Gasteiger partial charge >= 0.3 is 0 Å². The highest BCUT2D eigenvalue weighted by atomic mass is 16.1. The number of nitrogens with two attached hydrogens (primary N) is 1. The molecule has 0 unspecified atom stereocenters. The van der Waals surface area contributed by atoms with Crippen molar-refractivity contribution in [2.45, 2.75) is 51.1 Å². The second-order valence-electron chi connectivity index (χ2n) is 5.75. The van der Waals surface area contributed by atoms with Gasteiger partial charge in [-0.05, 0) is 44.2 Å². The Labute approximate surface area is 109 Å². The molecule has 1 fully saturated rings. The predicted octanol–water partition coefficient (Wildman–Crippen LogP) is 1.79. The van der Waals surface area contributed by atoms with Crippen molar-refractivity contribution < 1.29 is 4.79 Å². The van der Waals surface area contributed by atoms with E-state index in [-0.39, 0.29) is 17.5 Å². The van der Waals surface area contributed by atoms with Crippen molar-refractivity contribution in [2.24, 2.45) is 5.73 Å². The lowest BCUT2D eigenvalue weighted by molar-refractivity contribution is -0.120. The van der Waals surface area contributed by atoms with E-state index in [0.29, 0.717) is 6.42 Å². The number of amides is 1. The highest BCUT2D eigenvalue weighted by Crippen LogP contribution is 2.35. The summed E-state index contributed by atoms with van der Waals surface area (Å²) >= 11 is 0. The van der Waals surface area contributed by atoms with Crippen LogP contribution in [0.5, 0.6) is 0 Å². The maximum absolute atomic E-state index is 11.6. The van der Waals surface area contributed by atoms with Crippen molar-refractivity contribution >= 4 is 5.91 Å². The van der Waals surface area contributed by atoms with Crippen LogP contribution in [0, 0.1) is 0 Å². The van der Waals surface area contributed by atoms with Crippen LogP contribution in [0.1, 0.15) is 37.8 Å². The third kappa shape index (κ3) is 3.84. The van der Waals surface area contributed by atoms with Gasteiger partial charge in [-0.1, -0.05) is 24.3 Å². The molecule has 1 aromatic carbocycles. The normalized spacial score (nSPS) is 16.7. The Morgan fingerprint density at radius 1 is 1.28 bits per heavy atom. The summed E-state index contributed by atoms with van der Waals surface area (Å²) in [6.07, 6.45) is 3.66. The van der Waals surface area contributed by atoms with Crippen LogP contribution in [0.3, 0.4) is 0 Å². The molecule has 18 heavy (non-hydrogen) atoms. The topological polar surface area (TPSA) is 55.1 Å². The molecule has 0 aliphatic heterocycles. The first kappa shape index (κ1) is 13.1. The van der Waals surface area contributed by atoms with Gasteiger partial charge in [-0.3, -0.25) is 4.79 Å². The van der Waals surface area contributed by atoms with Gasteiger partial charge in [-0.25, -0.2) is 0 Å². The fourth-order valence-electron chi connectivity index (χ4n) is 2.08. The predicted molar refractivity (Wildman–Crippen MR) is 73.3 cm³/mol. The summed E-state index contributed by atoms with van der Waals surface area (Å²) in [5.41, 5.74) is 8.46. The Morgan fingerprint density at radius 3 is 2.33 bits per heavy atom. The van der Waals surface area contributed by atoms with Crippen LogP contribution in [-0.4, -0.2) is 17.5 Å². The molecule has 1 saturated carbocycles. The third-order valence-corrected chi connectivity index (χ3v) is 3.29. The van der Waals surface area contributed by atoms with Gasteiger partial charge in [0.25, 0.3) is 0 Å². The number of hydrogen-bond donors (Lipinski definition) is 2. The first-order chi connectivity index (χ1) is 8.47. The number of nitrogens with one attached hydrogen (secondary N) is 1. The Bertz CT molecular complexity index is 419. The smallest absolute Gasteiger partial charge is 0.224 e. The second kappa shape index (κ2) is 5.11. The van der Waals surface area contributed by atoms with E-state index in [9.17, 15) is 4.79 Å². The zero-order valence-electron chi connectivity index (χ0n) is 11.2. The van der Waals surface area contributed by atoms with E-state index in [1.165, 1.54) is 5.56 Å². The van der Waals surface area contributed by atoms with Crippen LogP contribution in [-0.2, 0) is 17.6 Å². The first-order valence-electron chi connectivity index (χ1n) is 6.63. The Morgan fingerprint density at radius 2 is 1.83 bits per heavy atom. The number of benzene rings is 1. The van der Waals surface area contributed by atoms with Gasteiger partial charge in [-0.15, -0.1) is 0 Å². The summed E-state index contributed by atoms with van der Waals surface area (Å²) in [5.74, 6) is 0.0789. The minimum atomic E-state index is 0.0521. The van der Waals surface area contributed by atoms with Crippen molar-refractivity contribution in [2.75, 3.05) is 0 Å². The summed E-state index contributed by atoms with van der Waals surface area (Å²) in [6, 6.07) is 8.43. The summed E-state index contributed by atoms with van der Waals surface area (Å²) in [6.45, 7) is 3.94. The molecular weight excluding hydrogens is 224 g/mol. The van der Waals surface area contributed by atoms with Crippen molar-refractivity contribution in [3.63, 3.8) is 0 Å². The van der Waals surface area contributed by atoms with Gasteiger partial charge in [0.05, 0.1) is 6.42 Å². The molecule has 1 aliphatic carbocycles. The summed E-state index contributed by atoms with van der Waals surface area (Å²) < 4.78 is 0. The molecule has 0 saturated heterocycles. The van der Waals surface area contributed by atoms with Crippen LogP contribution in [0.15, 0.2) is 24.3 Å². The Kier molecular flexibility index (Phi) is 3.71. The lowest BCUT2D eigenvalue weighted by Crippen LogP contribution is -2.31. The van der Waals surface area contributed by atoms with Gasteiger partial charge in [0.15, 0.2) is 0 Å². The molecule has 3 heteroatoms. The fraction of sp³-hybridized carbons (Fsp3) is 0.533. The molecule has 0 bridgehead atoms. The SMILES string of the molecule is CC(C)NC(=O)Cc1ccc(CC2(N)CC2)cc1. The molecule has 0 spiro atoms. The van der Waals surface area contributed by atoms with Gasteiger partial charge in [0.2, 0.25) is 5.91 Å². The highest BCUT2D eigenvalue weighted by Gasteiger charge is 2.37. The maximum Gasteiger partial charge on any atom is 0.224 e. The average Bonchev–Trinajstić information content (AvgIpc) is 2.98. The van der Waals surface area contributed by atoms with Crippen molar-refractivity contribution in [1.29, 1.82) is 0 Å². The van der Waals surface area contributed by atoms with E-state index in [1.54, 1.807) is 0 Å². The van der Waals surface area contributed by atoms with E-state index < -0.39 is 0 Å². The zero-order valence-corrected chi connectivity index (χ0v) is 11.2. The maximum atomic E-state index is 11.6. The first-order valence-corrected chi connectivity index (χ1v) is 6.63. The molecule has 0 atom stereocenters. The van der Waals surface area contributed by atoms with Crippen molar-refractivity contribution in [1.82, 2.24) is 5.32 Å². The Hall–Kier alpha value is -1.35. The van der Waals surface area contributed by atoms with E-state index in [4.69, 9.17) is 5.73 Å². The molecule has 98 valence electrons. The quantitative estimate of drug-likeness (QED) is 0.832. The zero-order chi connectivity index (χ0) is 13.2. The minimum absolute atomic E-state index is 0.0521. The monoisotopic (exact) mass is 246 g/mol. The summed E-state index contributed by atoms with van der Waals surface area (Å²) in [7, 11) is 0. The third-order valence-electron chi connectivity index (χ3n) is 3.29. The highest BCUT2D eigenvalue weighted by molar-refractivity contribution is 5.78. The second-order valence-corrected chi connectivity index (χ2v) is 5.75. The van der Waals surface area contributed by atoms with Crippen molar-refractivity contribution in [3.05, 3.63) is 35.4 Å². The largest absolute Gasteiger partial charge is 0.354 e. The molecule has 0 radical (unpaired) electrons. The minimum Gasteiger partial charge on any atom is -0.354 e. The summed E-state index contributed by atoms with van der Waals surface area (Å²) in [4.78, 5) is 11.6. The summed E-state index contributed by atoms with van der Waals surface area (Å²) in [5, 5.41) is 2.90.